The Balaban J connectivity index is 2.21. The van der Waals surface area contributed by atoms with Gasteiger partial charge in [-0.2, -0.15) is 4.31 Å². The smallest absolute Gasteiger partial charge is 0.246 e. The standard InChI is InChI=1S/C13H19NO5S/c1-10-13(7-12(8-15)19-10)20(16,17)14-5-3-11(4-6-14)9-18-2/h3,7,15H,4-6,8-9H2,1-2H3. The highest BCUT2D eigenvalue weighted by Gasteiger charge is 2.29. The number of hydrogen-bond acceptors (Lipinski definition) is 5. The Morgan fingerprint density at radius 2 is 2.25 bits per heavy atom. The second kappa shape index (κ2) is 6.09. The Bertz CT molecular complexity index is 602. The topological polar surface area (TPSA) is 80.0 Å². The minimum atomic E-state index is -3.58. The fourth-order valence-corrected chi connectivity index (χ4v) is 3.79. The number of sulfonamides is 1. The van der Waals surface area contributed by atoms with Crippen LogP contribution in [0.1, 0.15) is 17.9 Å². The van der Waals surface area contributed by atoms with E-state index in [0.29, 0.717) is 31.9 Å². The number of nitrogens with zero attached hydrogens (tertiary/aromatic N) is 1. The lowest BCUT2D eigenvalue weighted by atomic mass is 10.1. The molecule has 2 rings (SSSR count). The van der Waals surface area contributed by atoms with Gasteiger partial charge in [-0.15, -0.1) is 0 Å². The van der Waals surface area contributed by atoms with Crippen LogP contribution < -0.4 is 0 Å². The Hall–Kier alpha value is -1.15. The molecule has 6 nitrogen and oxygen atoms in total. The average Bonchev–Trinajstić information content (AvgIpc) is 2.82. The quantitative estimate of drug-likeness (QED) is 0.822. The molecular formula is C13H19NO5S. The minimum Gasteiger partial charge on any atom is -0.462 e. The Morgan fingerprint density at radius 1 is 1.50 bits per heavy atom. The molecule has 0 unspecified atom stereocenters. The lowest BCUT2D eigenvalue weighted by Crippen LogP contribution is -2.35. The summed E-state index contributed by atoms with van der Waals surface area (Å²) in [4.78, 5) is 0.130. The molecule has 0 radical (unpaired) electrons. The number of rotatable bonds is 5. The molecule has 0 bridgehead atoms. The van der Waals surface area contributed by atoms with E-state index in [9.17, 15) is 8.42 Å². The molecule has 0 amide bonds. The average molecular weight is 301 g/mol. The van der Waals surface area contributed by atoms with Crippen molar-refractivity contribution in [2.24, 2.45) is 0 Å². The van der Waals surface area contributed by atoms with E-state index < -0.39 is 10.0 Å². The van der Waals surface area contributed by atoms with Crippen molar-refractivity contribution in [1.29, 1.82) is 0 Å². The van der Waals surface area contributed by atoms with Crippen LogP contribution in [0.3, 0.4) is 0 Å². The molecule has 7 heteroatoms. The summed E-state index contributed by atoms with van der Waals surface area (Å²) in [5.41, 5.74) is 1.11. The van der Waals surface area contributed by atoms with Crippen LogP contribution in [0.5, 0.6) is 0 Å². The number of aliphatic hydroxyl groups is 1. The second-order valence-corrected chi connectivity index (χ2v) is 6.61. The number of ether oxygens (including phenoxy) is 1. The van der Waals surface area contributed by atoms with E-state index in [2.05, 4.69) is 0 Å². The third kappa shape index (κ3) is 2.95. The van der Waals surface area contributed by atoms with E-state index in [1.807, 2.05) is 6.08 Å². The fourth-order valence-electron chi connectivity index (χ4n) is 2.22. The third-order valence-corrected chi connectivity index (χ3v) is 5.27. The van der Waals surface area contributed by atoms with Crippen molar-refractivity contribution in [3.05, 3.63) is 29.2 Å². The van der Waals surface area contributed by atoms with Crippen molar-refractivity contribution in [2.75, 3.05) is 26.8 Å². The van der Waals surface area contributed by atoms with Crippen LogP contribution in [0.2, 0.25) is 0 Å². The molecule has 1 aromatic heterocycles. The van der Waals surface area contributed by atoms with Gasteiger partial charge in [-0.3, -0.25) is 0 Å². The van der Waals surface area contributed by atoms with Crippen molar-refractivity contribution in [1.82, 2.24) is 4.31 Å². The van der Waals surface area contributed by atoms with E-state index in [0.717, 1.165) is 5.57 Å². The molecule has 112 valence electrons. The molecule has 0 aromatic carbocycles. The molecule has 1 aliphatic heterocycles. The Labute approximate surface area is 118 Å². The maximum Gasteiger partial charge on any atom is 0.246 e. The summed E-state index contributed by atoms with van der Waals surface area (Å²) in [5.74, 6) is 0.564. The van der Waals surface area contributed by atoms with E-state index >= 15 is 0 Å². The van der Waals surface area contributed by atoms with Crippen LogP contribution in [0.15, 0.2) is 27.0 Å². The monoisotopic (exact) mass is 301 g/mol. The summed E-state index contributed by atoms with van der Waals surface area (Å²) in [6.45, 7) is 2.57. The molecule has 1 aromatic rings. The van der Waals surface area contributed by atoms with Crippen LogP contribution in [-0.4, -0.2) is 44.6 Å². The van der Waals surface area contributed by atoms with Gasteiger partial charge < -0.3 is 14.3 Å². The first-order chi connectivity index (χ1) is 9.48. The fraction of sp³-hybridized carbons (Fsp3) is 0.538. The predicted molar refractivity (Wildman–Crippen MR) is 72.7 cm³/mol. The van der Waals surface area contributed by atoms with Gasteiger partial charge in [0.15, 0.2) is 0 Å². The SMILES string of the molecule is COCC1=CCN(S(=O)(=O)c2cc(CO)oc2C)CC1. The van der Waals surface area contributed by atoms with Gasteiger partial charge in [-0.05, 0) is 18.9 Å². The summed E-state index contributed by atoms with van der Waals surface area (Å²) in [5, 5.41) is 9.02. The van der Waals surface area contributed by atoms with Crippen LogP contribution in [0.25, 0.3) is 0 Å². The zero-order chi connectivity index (χ0) is 14.8. The van der Waals surface area contributed by atoms with Crippen LogP contribution in [-0.2, 0) is 21.4 Å². The summed E-state index contributed by atoms with van der Waals surface area (Å²) in [6.07, 6.45) is 2.55. The molecule has 0 atom stereocenters. The molecule has 1 N–H and O–H groups in total. The molecule has 20 heavy (non-hydrogen) atoms. The molecule has 2 heterocycles. The van der Waals surface area contributed by atoms with Crippen molar-refractivity contribution in [2.45, 2.75) is 24.8 Å². The summed E-state index contributed by atoms with van der Waals surface area (Å²) < 4.78 is 36.7. The normalized spacial score (nSPS) is 17.2. The third-order valence-electron chi connectivity index (χ3n) is 3.29. The van der Waals surface area contributed by atoms with Gasteiger partial charge in [0, 0.05) is 26.3 Å². The lowest BCUT2D eigenvalue weighted by molar-refractivity contribution is 0.219. The summed E-state index contributed by atoms with van der Waals surface area (Å²) in [6, 6.07) is 1.39. The highest BCUT2D eigenvalue weighted by molar-refractivity contribution is 7.89. The number of methoxy groups -OCH3 is 1. The van der Waals surface area contributed by atoms with E-state index in [1.165, 1.54) is 10.4 Å². The molecule has 0 fully saturated rings. The van der Waals surface area contributed by atoms with Crippen molar-refractivity contribution in [3.8, 4) is 0 Å². The first-order valence-electron chi connectivity index (χ1n) is 6.36. The van der Waals surface area contributed by atoms with Crippen LogP contribution >= 0.6 is 0 Å². The van der Waals surface area contributed by atoms with E-state index in [4.69, 9.17) is 14.3 Å². The Morgan fingerprint density at radius 3 is 2.75 bits per heavy atom. The van der Waals surface area contributed by atoms with Gasteiger partial charge >= 0.3 is 0 Å². The maximum atomic E-state index is 12.5. The first-order valence-corrected chi connectivity index (χ1v) is 7.80. The van der Waals surface area contributed by atoms with Gasteiger partial charge in [-0.1, -0.05) is 6.08 Å². The van der Waals surface area contributed by atoms with Gasteiger partial charge in [-0.25, -0.2) is 8.42 Å². The predicted octanol–water partition coefficient (Wildman–Crippen LogP) is 1.05. The largest absolute Gasteiger partial charge is 0.462 e. The zero-order valence-corrected chi connectivity index (χ0v) is 12.4. The number of hydrogen-bond donors (Lipinski definition) is 1. The zero-order valence-electron chi connectivity index (χ0n) is 11.6. The highest BCUT2D eigenvalue weighted by atomic mass is 32.2. The first kappa shape index (κ1) is 15.2. The molecule has 0 saturated carbocycles. The van der Waals surface area contributed by atoms with E-state index in [-0.39, 0.29) is 17.3 Å². The van der Waals surface area contributed by atoms with Crippen molar-refractivity contribution < 1.29 is 22.7 Å². The number of aryl methyl sites for hydroxylation is 1. The maximum absolute atomic E-state index is 12.5. The minimum absolute atomic E-state index is 0.130. The molecule has 0 saturated heterocycles. The van der Waals surface area contributed by atoms with Crippen LogP contribution in [0, 0.1) is 6.92 Å². The van der Waals surface area contributed by atoms with Crippen LogP contribution in [0.4, 0.5) is 0 Å². The van der Waals surface area contributed by atoms with E-state index in [1.54, 1.807) is 14.0 Å². The Kier molecular flexibility index (Phi) is 4.64. The summed E-state index contributed by atoms with van der Waals surface area (Å²) in [7, 11) is -1.96. The van der Waals surface area contributed by atoms with Crippen molar-refractivity contribution in [3.63, 3.8) is 0 Å². The molecular weight excluding hydrogens is 282 g/mol. The summed E-state index contributed by atoms with van der Waals surface area (Å²) >= 11 is 0. The highest BCUT2D eigenvalue weighted by Crippen LogP contribution is 2.25. The molecule has 0 spiro atoms. The molecule has 0 aliphatic carbocycles. The second-order valence-electron chi connectivity index (χ2n) is 4.70. The lowest BCUT2D eigenvalue weighted by Gasteiger charge is -2.25. The number of aliphatic hydroxyl groups excluding tert-OH is 1. The van der Waals surface area contributed by atoms with Gasteiger partial charge in [0.05, 0.1) is 6.61 Å². The van der Waals surface area contributed by atoms with Gasteiger partial charge in [0.25, 0.3) is 0 Å². The van der Waals surface area contributed by atoms with Crippen molar-refractivity contribution >= 4 is 10.0 Å². The van der Waals surface area contributed by atoms with Gasteiger partial charge in [0.1, 0.15) is 23.0 Å². The number of furan rings is 1. The molecule has 1 aliphatic rings. The van der Waals surface area contributed by atoms with Gasteiger partial charge in [0.2, 0.25) is 10.0 Å².